The highest BCUT2D eigenvalue weighted by atomic mass is 16.5. The van der Waals surface area contributed by atoms with Crippen molar-refractivity contribution in [3.63, 3.8) is 0 Å². The average Bonchev–Trinajstić information content (AvgIpc) is 3.45. The molecule has 0 radical (unpaired) electrons. The Labute approximate surface area is 223 Å². The van der Waals surface area contributed by atoms with E-state index in [0.717, 1.165) is 39.3 Å². The van der Waals surface area contributed by atoms with Gasteiger partial charge in [0.1, 0.15) is 5.52 Å². The number of amides is 1. The van der Waals surface area contributed by atoms with Crippen LogP contribution >= 0.6 is 0 Å². The van der Waals surface area contributed by atoms with E-state index in [2.05, 4.69) is 29.1 Å². The minimum atomic E-state index is 0.127. The second-order valence-corrected chi connectivity index (χ2v) is 9.82. The number of nitriles is 1. The van der Waals surface area contributed by atoms with Crippen LogP contribution in [0, 0.1) is 11.3 Å². The van der Waals surface area contributed by atoms with Gasteiger partial charge in [-0.25, -0.2) is 9.97 Å². The highest BCUT2D eigenvalue weighted by Crippen LogP contribution is 2.37. The summed E-state index contributed by atoms with van der Waals surface area (Å²) in [4.78, 5) is 25.3. The van der Waals surface area contributed by atoms with Gasteiger partial charge in [-0.2, -0.15) is 5.26 Å². The summed E-state index contributed by atoms with van der Waals surface area (Å²) < 4.78 is 7.50. The van der Waals surface area contributed by atoms with E-state index < -0.39 is 0 Å². The minimum Gasteiger partial charge on any atom is -0.479 e. The normalized spacial score (nSPS) is 15.4. The van der Waals surface area contributed by atoms with Crippen molar-refractivity contribution in [1.29, 1.82) is 5.26 Å². The molecule has 194 valence electrons. The maximum atomic E-state index is 12.1. The van der Waals surface area contributed by atoms with Crippen LogP contribution in [-0.4, -0.2) is 59.5 Å². The molecule has 2 aliphatic heterocycles. The molecular weight excluding hydrogens is 476 g/mol. The van der Waals surface area contributed by atoms with Gasteiger partial charge < -0.3 is 14.5 Å². The Morgan fingerprint density at radius 3 is 2.37 bits per heavy atom. The Kier molecular flexibility index (Phi) is 7.38. The molecule has 2 aromatic heterocycles. The van der Waals surface area contributed by atoms with Crippen molar-refractivity contribution in [2.75, 3.05) is 39.2 Å². The molecule has 38 heavy (non-hydrogen) atoms. The number of aromatic nitrogens is 3. The summed E-state index contributed by atoms with van der Waals surface area (Å²) in [6.45, 7) is 2.64. The van der Waals surface area contributed by atoms with Gasteiger partial charge in [-0.05, 0) is 69.2 Å². The first kappa shape index (κ1) is 25.4. The number of benzene rings is 2. The molecule has 0 aliphatic carbocycles. The standard InChI is InChI=1S/C24H19N5O2.C6H13N/c1-28-19-9-7-18(11-17(19)8-10-21(28)30)23-22(16-5-3-15(12-25)4-6-16)27-24(31-2)20-13-26-14-29(20)23;1-7-5-3-2-4-6-7/h3-7,9,11,13-14H,8,10H2,1-2H3;2-6H2,1H3. The van der Waals surface area contributed by atoms with Crippen LogP contribution in [0.3, 0.4) is 0 Å². The first-order valence-corrected chi connectivity index (χ1v) is 13.0. The Bertz CT molecular complexity index is 1500. The van der Waals surface area contributed by atoms with E-state index in [4.69, 9.17) is 15.0 Å². The van der Waals surface area contributed by atoms with Gasteiger partial charge >= 0.3 is 0 Å². The molecule has 1 amide bonds. The fraction of sp³-hybridized carbons (Fsp3) is 0.333. The second kappa shape index (κ2) is 11.0. The van der Waals surface area contributed by atoms with E-state index in [1.807, 2.05) is 35.7 Å². The summed E-state index contributed by atoms with van der Waals surface area (Å²) in [6.07, 6.45) is 8.95. The average molecular weight is 509 g/mol. The fourth-order valence-electron chi connectivity index (χ4n) is 5.14. The van der Waals surface area contributed by atoms with Gasteiger partial charge in [-0.15, -0.1) is 0 Å². The van der Waals surface area contributed by atoms with E-state index in [1.54, 1.807) is 36.7 Å². The maximum absolute atomic E-state index is 12.1. The third-order valence-corrected chi connectivity index (χ3v) is 7.29. The summed E-state index contributed by atoms with van der Waals surface area (Å²) in [5.41, 5.74) is 6.85. The number of hydrogen-bond donors (Lipinski definition) is 0. The minimum absolute atomic E-state index is 0.127. The number of ether oxygens (including phenoxy) is 1. The van der Waals surface area contributed by atoms with Crippen LogP contribution < -0.4 is 9.64 Å². The molecule has 1 fully saturated rings. The van der Waals surface area contributed by atoms with Gasteiger partial charge in [0, 0.05) is 30.3 Å². The van der Waals surface area contributed by atoms with Crippen LogP contribution in [0.2, 0.25) is 0 Å². The molecule has 6 rings (SSSR count). The van der Waals surface area contributed by atoms with Gasteiger partial charge in [0.05, 0.1) is 42.7 Å². The smallest absolute Gasteiger partial charge is 0.240 e. The quantitative estimate of drug-likeness (QED) is 0.389. The van der Waals surface area contributed by atoms with Gasteiger partial charge in [0.15, 0.2) is 0 Å². The zero-order valence-corrected chi connectivity index (χ0v) is 22.1. The Morgan fingerprint density at radius 2 is 1.71 bits per heavy atom. The zero-order valence-electron chi connectivity index (χ0n) is 22.1. The number of anilines is 1. The van der Waals surface area contributed by atoms with Crippen molar-refractivity contribution in [3.05, 3.63) is 66.1 Å². The van der Waals surface area contributed by atoms with Crippen molar-refractivity contribution in [3.8, 4) is 34.5 Å². The molecule has 4 aromatic rings. The summed E-state index contributed by atoms with van der Waals surface area (Å²) in [5.74, 6) is 0.602. The first-order valence-electron chi connectivity index (χ1n) is 13.0. The van der Waals surface area contributed by atoms with E-state index in [9.17, 15) is 4.79 Å². The number of imidazole rings is 1. The maximum Gasteiger partial charge on any atom is 0.240 e. The van der Waals surface area contributed by atoms with Crippen molar-refractivity contribution >= 4 is 17.1 Å². The van der Waals surface area contributed by atoms with Crippen molar-refractivity contribution in [1.82, 2.24) is 19.3 Å². The summed E-state index contributed by atoms with van der Waals surface area (Å²) in [5, 5.41) is 9.15. The number of likely N-dealkylation sites (tertiary alicyclic amines) is 1. The number of hydrogen-bond acceptors (Lipinski definition) is 6. The van der Waals surface area contributed by atoms with E-state index >= 15 is 0 Å². The topological polar surface area (TPSA) is 86.8 Å². The number of methoxy groups -OCH3 is 1. The van der Waals surface area contributed by atoms with Crippen molar-refractivity contribution in [2.24, 2.45) is 0 Å². The second-order valence-electron chi connectivity index (χ2n) is 9.82. The third kappa shape index (κ3) is 4.98. The molecule has 0 unspecified atom stereocenters. The lowest BCUT2D eigenvalue weighted by Crippen LogP contribution is -2.31. The number of fused-ring (bicyclic) bond motifs is 2. The molecular formula is C30H32N6O2. The molecule has 0 saturated carbocycles. The van der Waals surface area contributed by atoms with Gasteiger partial charge in [-0.1, -0.05) is 24.6 Å². The lowest BCUT2D eigenvalue weighted by atomic mass is 9.96. The Hall–Kier alpha value is -4.22. The molecule has 8 nitrogen and oxygen atoms in total. The summed E-state index contributed by atoms with van der Waals surface area (Å²) in [6, 6.07) is 15.6. The predicted octanol–water partition coefficient (Wildman–Crippen LogP) is 4.95. The van der Waals surface area contributed by atoms with Crippen molar-refractivity contribution in [2.45, 2.75) is 32.1 Å². The van der Waals surface area contributed by atoms with Crippen LogP contribution in [-0.2, 0) is 11.2 Å². The molecule has 8 heteroatoms. The highest BCUT2D eigenvalue weighted by Gasteiger charge is 2.23. The molecule has 0 atom stereocenters. The number of piperidine rings is 1. The molecule has 0 spiro atoms. The SMILES string of the molecule is CN1CCCCC1.COc1nc(-c2ccc(C#N)cc2)c(-c2ccc3c(c2)CCC(=O)N3C)n2cncc12. The lowest BCUT2D eigenvalue weighted by molar-refractivity contribution is -0.118. The molecule has 0 N–H and O–H groups in total. The summed E-state index contributed by atoms with van der Waals surface area (Å²) in [7, 11) is 5.59. The Morgan fingerprint density at radius 1 is 0.974 bits per heavy atom. The fourth-order valence-corrected chi connectivity index (χ4v) is 5.14. The van der Waals surface area contributed by atoms with E-state index in [0.29, 0.717) is 24.3 Å². The highest BCUT2D eigenvalue weighted by molar-refractivity contribution is 5.96. The van der Waals surface area contributed by atoms with Crippen LogP contribution in [0.15, 0.2) is 55.0 Å². The number of aryl methyl sites for hydroxylation is 1. The van der Waals surface area contributed by atoms with E-state index in [-0.39, 0.29) is 5.91 Å². The monoisotopic (exact) mass is 508 g/mol. The van der Waals surface area contributed by atoms with Crippen LogP contribution in [0.1, 0.15) is 36.8 Å². The van der Waals surface area contributed by atoms with Gasteiger partial charge in [0.25, 0.3) is 0 Å². The zero-order chi connectivity index (χ0) is 26.6. The van der Waals surface area contributed by atoms with E-state index in [1.165, 1.54) is 32.4 Å². The summed E-state index contributed by atoms with van der Waals surface area (Å²) >= 11 is 0. The first-order chi connectivity index (χ1) is 18.5. The van der Waals surface area contributed by atoms with Crippen LogP contribution in [0.5, 0.6) is 5.88 Å². The molecule has 0 bridgehead atoms. The predicted molar refractivity (Wildman–Crippen MR) is 148 cm³/mol. The number of carbonyl (C=O) groups excluding carboxylic acids is 1. The molecule has 2 aliphatic rings. The van der Waals surface area contributed by atoms with Crippen LogP contribution in [0.4, 0.5) is 5.69 Å². The largest absolute Gasteiger partial charge is 0.479 e. The molecule has 1 saturated heterocycles. The number of carbonyl (C=O) groups is 1. The third-order valence-electron chi connectivity index (χ3n) is 7.29. The van der Waals surface area contributed by atoms with Gasteiger partial charge in [0.2, 0.25) is 11.8 Å². The Balaban J connectivity index is 0.000000366. The van der Waals surface area contributed by atoms with Crippen LogP contribution in [0.25, 0.3) is 28.0 Å². The lowest BCUT2D eigenvalue weighted by Gasteiger charge is -2.26. The molecule has 2 aromatic carbocycles. The number of nitrogens with zero attached hydrogens (tertiary/aromatic N) is 6. The molecule has 4 heterocycles. The van der Waals surface area contributed by atoms with Crippen molar-refractivity contribution < 1.29 is 9.53 Å². The van der Waals surface area contributed by atoms with Gasteiger partial charge in [-0.3, -0.25) is 9.20 Å². The number of rotatable bonds is 3.